The lowest BCUT2D eigenvalue weighted by atomic mass is 9.99. The van der Waals surface area contributed by atoms with E-state index in [9.17, 15) is 4.79 Å². The summed E-state index contributed by atoms with van der Waals surface area (Å²) in [6.45, 7) is 8.01. The summed E-state index contributed by atoms with van der Waals surface area (Å²) in [6.07, 6.45) is 5.28. The molecule has 1 N–H and O–H groups in total. The maximum atomic E-state index is 12.6. The van der Waals surface area contributed by atoms with E-state index in [1.54, 1.807) is 19.3 Å². The highest BCUT2D eigenvalue weighted by atomic mass is 16.5. The number of rotatable bonds is 5. The van der Waals surface area contributed by atoms with Gasteiger partial charge in [0.25, 0.3) is 5.91 Å². The van der Waals surface area contributed by atoms with Gasteiger partial charge in [0.05, 0.1) is 17.9 Å². The molecule has 156 valence electrons. The van der Waals surface area contributed by atoms with E-state index >= 15 is 0 Å². The zero-order chi connectivity index (χ0) is 21.1. The van der Waals surface area contributed by atoms with Crippen molar-refractivity contribution >= 4 is 11.6 Å². The molecular formula is C23H26N4O3. The molecule has 1 fully saturated rings. The number of pyridine rings is 1. The Balaban J connectivity index is 1.62. The number of carbonyl (C=O) groups excluding carboxylic acids is 1. The summed E-state index contributed by atoms with van der Waals surface area (Å²) in [5.74, 6) is -0.201. The Morgan fingerprint density at radius 2 is 1.90 bits per heavy atom. The SMILES string of the molecule is Cc1nocc1C(=O)NCc1cc(N2C[C@@H](C)O[C@@H](C)C2)ccc1-c1ccncc1. The second-order valence-corrected chi connectivity index (χ2v) is 7.74. The molecule has 1 saturated heterocycles. The number of carbonyl (C=O) groups is 1. The first-order valence-corrected chi connectivity index (χ1v) is 10.1. The van der Waals surface area contributed by atoms with E-state index < -0.39 is 0 Å². The van der Waals surface area contributed by atoms with Gasteiger partial charge in [-0.2, -0.15) is 0 Å². The maximum Gasteiger partial charge on any atom is 0.256 e. The average molecular weight is 406 g/mol. The van der Waals surface area contributed by atoms with Gasteiger partial charge in [0.2, 0.25) is 0 Å². The second kappa shape index (κ2) is 8.67. The van der Waals surface area contributed by atoms with Crippen molar-refractivity contribution in [2.45, 2.75) is 39.5 Å². The first kappa shape index (κ1) is 20.1. The van der Waals surface area contributed by atoms with Crippen LogP contribution in [0.15, 0.2) is 53.5 Å². The van der Waals surface area contributed by atoms with Crippen LogP contribution in [0.1, 0.15) is 35.5 Å². The maximum absolute atomic E-state index is 12.6. The third kappa shape index (κ3) is 4.36. The van der Waals surface area contributed by atoms with E-state index in [1.807, 2.05) is 12.1 Å². The quantitative estimate of drug-likeness (QED) is 0.698. The molecule has 1 aliphatic rings. The van der Waals surface area contributed by atoms with Crippen LogP contribution in [-0.2, 0) is 11.3 Å². The van der Waals surface area contributed by atoms with Crippen LogP contribution in [0, 0.1) is 6.92 Å². The lowest BCUT2D eigenvalue weighted by molar-refractivity contribution is -0.00522. The third-order valence-electron chi connectivity index (χ3n) is 5.30. The molecule has 4 rings (SSSR count). The van der Waals surface area contributed by atoms with Crippen molar-refractivity contribution in [1.29, 1.82) is 0 Å². The smallest absolute Gasteiger partial charge is 0.256 e. The van der Waals surface area contributed by atoms with E-state index in [4.69, 9.17) is 9.26 Å². The third-order valence-corrected chi connectivity index (χ3v) is 5.30. The van der Waals surface area contributed by atoms with Gasteiger partial charge in [-0.3, -0.25) is 9.78 Å². The van der Waals surface area contributed by atoms with Crippen LogP contribution < -0.4 is 10.2 Å². The summed E-state index contributed by atoms with van der Waals surface area (Å²) in [5.41, 5.74) is 5.32. The highest BCUT2D eigenvalue weighted by Crippen LogP contribution is 2.29. The van der Waals surface area contributed by atoms with E-state index in [2.05, 4.69) is 52.4 Å². The molecule has 3 aromatic rings. The Morgan fingerprint density at radius 1 is 1.17 bits per heavy atom. The number of aromatic nitrogens is 2. The number of ether oxygens (including phenoxy) is 1. The minimum absolute atomic E-state index is 0.174. The Morgan fingerprint density at radius 3 is 2.57 bits per heavy atom. The fourth-order valence-electron chi connectivity index (χ4n) is 3.91. The van der Waals surface area contributed by atoms with Gasteiger partial charge in [-0.05, 0) is 61.7 Å². The van der Waals surface area contributed by atoms with Crippen LogP contribution in [-0.4, -0.2) is 41.3 Å². The minimum Gasteiger partial charge on any atom is -0.372 e. The summed E-state index contributed by atoms with van der Waals surface area (Å²) in [6, 6.07) is 10.4. The molecule has 1 aliphatic heterocycles. The lowest BCUT2D eigenvalue weighted by Gasteiger charge is -2.37. The van der Waals surface area contributed by atoms with Crippen molar-refractivity contribution < 1.29 is 14.1 Å². The number of amides is 1. The first-order chi connectivity index (χ1) is 14.5. The van der Waals surface area contributed by atoms with E-state index in [0.717, 1.165) is 35.5 Å². The number of morpholine rings is 1. The van der Waals surface area contributed by atoms with Crippen molar-refractivity contribution in [2.75, 3.05) is 18.0 Å². The number of nitrogens with one attached hydrogen (secondary N) is 1. The predicted octanol–water partition coefficient (Wildman–Crippen LogP) is 3.59. The molecule has 0 radical (unpaired) electrons. The largest absolute Gasteiger partial charge is 0.372 e. The number of aryl methyl sites for hydroxylation is 1. The molecule has 0 spiro atoms. The number of hydrogen-bond donors (Lipinski definition) is 1. The molecule has 0 saturated carbocycles. The lowest BCUT2D eigenvalue weighted by Crippen LogP contribution is -2.45. The van der Waals surface area contributed by atoms with Crippen LogP contribution in [0.25, 0.3) is 11.1 Å². The first-order valence-electron chi connectivity index (χ1n) is 10.1. The minimum atomic E-state index is -0.201. The van der Waals surface area contributed by atoms with Gasteiger partial charge in [-0.25, -0.2) is 0 Å². The highest BCUT2D eigenvalue weighted by molar-refractivity contribution is 5.94. The van der Waals surface area contributed by atoms with Gasteiger partial charge in [-0.1, -0.05) is 11.2 Å². The Labute approximate surface area is 176 Å². The number of benzene rings is 1. The summed E-state index contributed by atoms with van der Waals surface area (Å²) in [4.78, 5) is 19.0. The topological polar surface area (TPSA) is 80.5 Å². The van der Waals surface area contributed by atoms with Crippen molar-refractivity contribution in [3.05, 3.63) is 65.8 Å². The molecule has 0 unspecified atom stereocenters. The molecular weight excluding hydrogens is 380 g/mol. The molecule has 0 aliphatic carbocycles. The van der Waals surface area contributed by atoms with Gasteiger partial charge in [0.15, 0.2) is 0 Å². The molecule has 1 aromatic carbocycles. The molecule has 2 atom stereocenters. The van der Waals surface area contributed by atoms with E-state index in [0.29, 0.717) is 17.8 Å². The number of anilines is 1. The van der Waals surface area contributed by atoms with Gasteiger partial charge in [0, 0.05) is 37.7 Å². The van der Waals surface area contributed by atoms with Crippen LogP contribution >= 0.6 is 0 Å². The van der Waals surface area contributed by atoms with Crippen molar-refractivity contribution in [3.63, 3.8) is 0 Å². The Hall–Kier alpha value is -3.19. The number of hydrogen-bond acceptors (Lipinski definition) is 6. The summed E-state index contributed by atoms with van der Waals surface area (Å²) < 4.78 is 10.8. The van der Waals surface area contributed by atoms with Crippen LogP contribution in [0.5, 0.6) is 0 Å². The van der Waals surface area contributed by atoms with Crippen LogP contribution in [0.3, 0.4) is 0 Å². The molecule has 30 heavy (non-hydrogen) atoms. The fraction of sp³-hybridized carbons (Fsp3) is 0.348. The van der Waals surface area contributed by atoms with Crippen molar-refractivity contribution in [3.8, 4) is 11.1 Å². The second-order valence-electron chi connectivity index (χ2n) is 7.74. The van der Waals surface area contributed by atoms with E-state index in [-0.39, 0.29) is 18.1 Å². The number of nitrogens with zero attached hydrogens (tertiary/aromatic N) is 3. The Bertz CT molecular complexity index is 1010. The normalized spacial score (nSPS) is 19.0. The van der Waals surface area contributed by atoms with Crippen LogP contribution in [0.4, 0.5) is 5.69 Å². The van der Waals surface area contributed by atoms with E-state index in [1.165, 1.54) is 6.26 Å². The highest BCUT2D eigenvalue weighted by Gasteiger charge is 2.23. The zero-order valence-electron chi connectivity index (χ0n) is 17.5. The van der Waals surface area contributed by atoms with Gasteiger partial charge >= 0.3 is 0 Å². The predicted molar refractivity (Wildman–Crippen MR) is 114 cm³/mol. The molecule has 2 aromatic heterocycles. The summed E-state index contributed by atoms with van der Waals surface area (Å²) in [5, 5.41) is 6.79. The molecule has 3 heterocycles. The molecule has 7 nitrogen and oxygen atoms in total. The molecule has 1 amide bonds. The molecule has 0 bridgehead atoms. The standard InChI is InChI=1S/C23H26N4O3/c1-15-12-27(13-16(2)30-15)20-4-5-21(18-6-8-24-9-7-18)19(10-20)11-25-23(28)22-14-29-26-17(22)3/h4-10,14-16H,11-13H2,1-3H3,(H,25,28)/t15-,16+. The summed E-state index contributed by atoms with van der Waals surface area (Å²) >= 11 is 0. The van der Waals surface area contributed by atoms with Gasteiger partial charge < -0.3 is 19.5 Å². The molecule has 7 heteroatoms. The average Bonchev–Trinajstić information content (AvgIpc) is 3.18. The van der Waals surface area contributed by atoms with Crippen molar-refractivity contribution in [2.24, 2.45) is 0 Å². The summed E-state index contributed by atoms with van der Waals surface area (Å²) in [7, 11) is 0. The van der Waals surface area contributed by atoms with Gasteiger partial charge in [-0.15, -0.1) is 0 Å². The fourth-order valence-corrected chi connectivity index (χ4v) is 3.91. The van der Waals surface area contributed by atoms with Gasteiger partial charge in [0.1, 0.15) is 11.8 Å². The van der Waals surface area contributed by atoms with Crippen molar-refractivity contribution in [1.82, 2.24) is 15.5 Å². The van der Waals surface area contributed by atoms with Crippen LogP contribution in [0.2, 0.25) is 0 Å². The zero-order valence-corrected chi connectivity index (χ0v) is 17.5. The monoisotopic (exact) mass is 406 g/mol. The Kier molecular flexibility index (Phi) is 5.81.